The highest BCUT2D eigenvalue weighted by Gasteiger charge is 2.16. The Morgan fingerprint density at radius 1 is 1.26 bits per heavy atom. The predicted octanol–water partition coefficient (Wildman–Crippen LogP) is 3.53. The number of nitrogens with zero attached hydrogens (tertiary/aromatic N) is 6. The largest absolute Gasteiger partial charge is 0.356 e. The van der Waals surface area contributed by atoms with Crippen LogP contribution in [0.15, 0.2) is 55.8 Å². The normalized spacial score (nSPS) is 14.7. The predicted molar refractivity (Wildman–Crippen MR) is 105 cm³/mol. The maximum atomic E-state index is 14.1. The van der Waals surface area contributed by atoms with Gasteiger partial charge in [-0.1, -0.05) is 12.7 Å². The van der Waals surface area contributed by atoms with Crippen LogP contribution in [-0.2, 0) is 0 Å². The Bertz CT molecular complexity index is 1000. The Labute approximate surface area is 157 Å². The topological polar surface area (TPSA) is 49.6 Å². The van der Waals surface area contributed by atoms with Crippen LogP contribution in [0.3, 0.4) is 0 Å². The summed E-state index contributed by atoms with van der Waals surface area (Å²) >= 11 is 0. The molecule has 4 heterocycles. The number of aromatic nitrogens is 4. The van der Waals surface area contributed by atoms with Gasteiger partial charge in [0.05, 0.1) is 12.4 Å². The standard InChI is InChI=1S/C20H21FN6/c1-3-15(16-6-8-22-12-17(16)21)14-25(2)18-13-23-27-11-7-19(24-20(18)27)26-9-4-5-10-26/h3,6-8,11-14H,1,4-5,9-10H2,2H3/b15-14+. The van der Waals surface area contributed by atoms with E-state index in [1.807, 2.05) is 30.4 Å². The third-order valence-corrected chi connectivity index (χ3v) is 4.78. The average molecular weight is 364 g/mol. The van der Waals surface area contributed by atoms with Gasteiger partial charge in [-0.05, 0) is 25.0 Å². The average Bonchev–Trinajstić information content (AvgIpc) is 3.36. The second kappa shape index (κ2) is 7.19. The fraction of sp³-hybridized carbons (Fsp3) is 0.250. The van der Waals surface area contributed by atoms with Gasteiger partial charge in [-0.2, -0.15) is 5.10 Å². The van der Waals surface area contributed by atoms with Crippen molar-refractivity contribution >= 4 is 22.7 Å². The third-order valence-electron chi connectivity index (χ3n) is 4.78. The van der Waals surface area contributed by atoms with Gasteiger partial charge in [0.1, 0.15) is 17.3 Å². The molecule has 4 rings (SSSR count). The van der Waals surface area contributed by atoms with Gasteiger partial charge in [0, 0.05) is 49.9 Å². The molecule has 3 aromatic heterocycles. The van der Waals surface area contributed by atoms with Crippen molar-refractivity contribution in [2.75, 3.05) is 29.9 Å². The van der Waals surface area contributed by atoms with E-state index in [0.717, 1.165) is 30.2 Å². The summed E-state index contributed by atoms with van der Waals surface area (Å²) in [5.74, 6) is 0.578. The molecule has 1 aliphatic rings. The highest BCUT2D eigenvalue weighted by Crippen LogP contribution is 2.26. The van der Waals surface area contributed by atoms with Crippen molar-refractivity contribution in [3.05, 3.63) is 67.2 Å². The van der Waals surface area contributed by atoms with Gasteiger partial charge in [-0.25, -0.2) is 13.9 Å². The van der Waals surface area contributed by atoms with Crippen molar-refractivity contribution < 1.29 is 4.39 Å². The first kappa shape index (κ1) is 17.2. The summed E-state index contributed by atoms with van der Waals surface area (Å²) in [6, 6.07) is 3.63. The van der Waals surface area contributed by atoms with E-state index in [-0.39, 0.29) is 5.82 Å². The van der Waals surface area contributed by atoms with E-state index in [1.54, 1.807) is 29.1 Å². The van der Waals surface area contributed by atoms with Gasteiger partial charge in [0.15, 0.2) is 5.65 Å². The zero-order chi connectivity index (χ0) is 18.8. The summed E-state index contributed by atoms with van der Waals surface area (Å²) in [4.78, 5) is 12.8. The zero-order valence-corrected chi connectivity index (χ0v) is 15.2. The lowest BCUT2D eigenvalue weighted by molar-refractivity contribution is 0.618. The fourth-order valence-electron chi connectivity index (χ4n) is 3.34. The van der Waals surface area contributed by atoms with Crippen LogP contribution in [0.1, 0.15) is 18.4 Å². The first-order chi connectivity index (χ1) is 13.2. The van der Waals surface area contributed by atoms with Gasteiger partial charge < -0.3 is 9.80 Å². The van der Waals surface area contributed by atoms with E-state index >= 15 is 0 Å². The molecule has 27 heavy (non-hydrogen) atoms. The lowest BCUT2D eigenvalue weighted by Crippen LogP contribution is -2.19. The Hall–Kier alpha value is -3.22. The summed E-state index contributed by atoms with van der Waals surface area (Å²) in [6.45, 7) is 5.88. The first-order valence-corrected chi connectivity index (χ1v) is 8.93. The quantitative estimate of drug-likeness (QED) is 0.648. The fourth-order valence-corrected chi connectivity index (χ4v) is 3.34. The molecule has 0 radical (unpaired) electrons. The van der Waals surface area contributed by atoms with Crippen molar-refractivity contribution in [2.45, 2.75) is 12.8 Å². The number of allylic oxidation sites excluding steroid dienone is 2. The number of anilines is 2. The number of pyridine rings is 1. The molecule has 0 N–H and O–H groups in total. The van der Waals surface area contributed by atoms with E-state index in [2.05, 4.69) is 21.6 Å². The van der Waals surface area contributed by atoms with Crippen LogP contribution in [0, 0.1) is 5.82 Å². The molecular weight excluding hydrogens is 343 g/mol. The highest BCUT2D eigenvalue weighted by atomic mass is 19.1. The first-order valence-electron chi connectivity index (χ1n) is 8.93. The summed E-state index contributed by atoms with van der Waals surface area (Å²) in [6.07, 6.45) is 12.3. The minimum atomic E-state index is -0.383. The van der Waals surface area contributed by atoms with Crippen LogP contribution in [0.25, 0.3) is 11.2 Å². The molecular formula is C20H21FN6. The van der Waals surface area contributed by atoms with E-state index in [1.165, 1.54) is 19.0 Å². The van der Waals surface area contributed by atoms with Gasteiger partial charge in [-0.15, -0.1) is 0 Å². The highest BCUT2D eigenvalue weighted by molar-refractivity contribution is 5.78. The molecule has 0 aromatic carbocycles. The van der Waals surface area contributed by atoms with Crippen molar-refractivity contribution in [2.24, 2.45) is 0 Å². The molecule has 0 bridgehead atoms. The van der Waals surface area contributed by atoms with E-state index in [9.17, 15) is 4.39 Å². The van der Waals surface area contributed by atoms with Crippen LogP contribution >= 0.6 is 0 Å². The van der Waals surface area contributed by atoms with Gasteiger partial charge in [-0.3, -0.25) is 4.98 Å². The second-order valence-corrected chi connectivity index (χ2v) is 6.53. The number of rotatable bonds is 5. The van der Waals surface area contributed by atoms with Gasteiger partial charge in [0.2, 0.25) is 0 Å². The molecule has 138 valence electrons. The molecule has 0 spiro atoms. The van der Waals surface area contributed by atoms with Gasteiger partial charge >= 0.3 is 0 Å². The van der Waals surface area contributed by atoms with Crippen LogP contribution in [0.5, 0.6) is 0 Å². The second-order valence-electron chi connectivity index (χ2n) is 6.53. The van der Waals surface area contributed by atoms with E-state index < -0.39 is 0 Å². The SMILES string of the molecule is C=C/C(=C\N(C)c1cnn2ccc(N3CCCC3)nc12)c1ccncc1F. The molecule has 7 heteroatoms. The lowest BCUT2D eigenvalue weighted by Gasteiger charge is -2.18. The Morgan fingerprint density at radius 3 is 2.81 bits per heavy atom. The smallest absolute Gasteiger partial charge is 0.181 e. The molecule has 1 fully saturated rings. The number of halogens is 1. The summed E-state index contributed by atoms with van der Waals surface area (Å²) in [5.41, 5.74) is 2.71. The molecule has 0 unspecified atom stereocenters. The Morgan fingerprint density at radius 2 is 2.07 bits per heavy atom. The number of hydrogen-bond acceptors (Lipinski definition) is 5. The molecule has 0 atom stereocenters. The minimum absolute atomic E-state index is 0.383. The van der Waals surface area contributed by atoms with Crippen molar-refractivity contribution in [3.8, 4) is 0 Å². The monoisotopic (exact) mass is 364 g/mol. The van der Waals surface area contributed by atoms with Crippen LogP contribution in [-0.4, -0.2) is 39.7 Å². The zero-order valence-electron chi connectivity index (χ0n) is 15.2. The third kappa shape index (κ3) is 3.28. The maximum Gasteiger partial charge on any atom is 0.181 e. The Kier molecular flexibility index (Phi) is 4.58. The van der Waals surface area contributed by atoms with E-state index in [0.29, 0.717) is 11.1 Å². The molecule has 0 aliphatic carbocycles. The Balaban J connectivity index is 1.71. The number of hydrogen-bond donors (Lipinski definition) is 0. The molecule has 1 aliphatic heterocycles. The molecule has 0 amide bonds. The summed E-state index contributed by atoms with van der Waals surface area (Å²) in [5, 5.41) is 4.39. The molecule has 1 saturated heterocycles. The van der Waals surface area contributed by atoms with Crippen molar-refractivity contribution in [1.29, 1.82) is 0 Å². The molecule has 6 nitrogen and oxygen atoms in total. The van der Waals surface area contributed by atoms with Crippen molar-refractivity contribution in [1.82, 2.24) is 19.6 Å². The van der Waals surface area contributed by atoms with E-state index in [4.69, 9.17) is 4.98 Å². The minimum Gasteiger partial charge on any atom is -0.356 e. The van der Waals surface area contributed by atoms with Crippen molar-refractivity contribution in [3.63, 3.8) is 0 Å². The molecule has 0 saturated carbocycles. The van der Waals surface area contributed by atoms with Crippen LogP contribution < -0.4 is 9.80 Å². The van der Waals surface area contributed by atoms with Gasteiger partial charge in [0.25, 0.3) is 0 Å². The van der Waals surface area contributed by atoms with Crippen LogP contribution in [0.2, 0.25) is 0 Å². The lowest BCUT2D eigenvalue weighted by atomic mass is 10.1. The number of fused-ring (bicyclic) bond motifs is 1. The summed E-state index contributed by atoms with van der Waals surface area (Å²) in [7, 11) is 1.89. The molecule has 3 aromatic rings. The summed E-state index contributed by atoms with van der Waals surface area (Å²) < 4.78 is 15.8. The maximum absolute atomic E-state index is 14.1. The van der Waals surface area contributed by atoms with Crippen LogP contribution in [0.4, 0.5) is 15.9 Å².